The fraction of sp³-hybridized carbons (Fsp3) is 0.348. The summed E-state index contributed by atoms with van der Waals surface area (Å²) in [5, 5.41) is 17.1. The third kappa shape index (κ3) is 6.58. The van der Waals surface area contributed by atoms with E-state index in [2.05, 4.69) is 15.5 Å². The van der Waals surface area contributed by atoms with Crippen LogP contribution in [0.4, 0.5) is 17.1 Å². The molecule has 10 nitrogen and oxygen atoms in total. The van der Waals surface area contributed by atoms with Gasteiger partial charge < -0.3 is 19.9 Å². The second-order valence-corrected chi connectivity index (χ2v) is 8.65. The van der Waals surface area contributed by atoms with Crippen molar-refractivity contribution in [1.29, 1.82) is 0 Å². The Morgan fingerprint density at radius 3 is 2.49 bits per heavy atom. The summed E-state index contributed by atoms with van der Waals surface area (Å²) in [6.45, 7) is 4.66. The fourth-order valence-corrected chi connectivity index (χ4v) is 4.23. The van der Waals surface area contributed by atoms with Crippen molar-refractivity contribution in [3.63, 3.8) is 0 Å². The first-order valence-electron chi connectivity index (χ1n) is 11.0. The van der Waals surface area contributed by atoms with Crippen LogP contribution in [0.15, 0.2) is 36.4 Å². The van der Waals surface area contributed by atoms with Gasteiger partial charge >= 0.3 is 5.69 Å². The van der Waals surface area contributed by atoms with Gasteiger partial charge in [-0.2, -0.15) is 0 Å². The van der Waals surface area contributed by atoms with Crippen molar-refractivity contribution in [2.75, 3.05) is 43.5 Å². The van der Waals surface area contributed by atoms with Gasteiger partial charge in [0.1, 0.15) is 0 Å². The molecular weight excluding hydrogens is 494 g/mol. The molecule has 0 unspecified atom stereocenters. The fourth-order valence-electron chi connectivity index (χ4n) is 3.72. The van der Waals surface area contributed by atoms with Crippen LogP contribution in [0, 0.1) is 10.1 Å². The number of nitro groups is 1. The van der Waals surface area contributed by atoms with E-state index in [4.69, 9.17) is 28.6 Å². The number of hydrogen-bond donors (Lipinski definition) is 2. The Labute approximate surface area is 213 Å². The normalized spacial score (nSPS) is 13.2. The Morgan fingerprint density at radius 1 is 1.17 bits per heavy atom. The molecule has 0 aliphatic carbocycles. The molecule has 0 saturated carbocycles. The van der Waals surface area contributed by atoms with Crippen molar-refractivity contribution < 1.29 is 19.2 Å². The third-order valence-electron chi connectivity index (χ3n) is 5.51. The Hall–Kier alpha value is -3.44. The van der Waals surface area contributed by atoms with Crippen molar-refractivity contribution >= 4 is 57.8 Å². The molecule has 2 amide bonds. The summed E-state index contributed by atoms with van der Waals surface area (Å²) < 4.78 is 4.95. The number of ether oxygens (including phenoxy) is 1. The molecule has 0 atom stereocenters. The highest BCUT2D eigenvalue weighted by molar-refractivity contribution is 7.80. The van der Waals surface area contributed by atoms with Crippen molar-refractivity contribution in [2.24, 2.45) is 0 Å². The third-order valence-corrected chi connectivity index (χ3v) is 6.01. The highest BCUT2D eigenvalue weighted by Crippen LogP contribution is 2.30. The van der Waals surface area contributed by atoms with Gasteiger partial charge in [0.05, 0.1) is 22.7 Å². The molecule has 0 bridgehead atoms. The highest BCUT2D eigenvalue weighted by Gasteiger charge is 2.22. The number of carbonyl (C=O) groups excluding carboxylic acids is 2. The molecule has 2 N–H and O–H groups in total. The maximum atomic E-state index is 12.5. The number of halogens is 1. The van der Waals surface area contributed by atoms with Crippen LogP contribution in [0.2, 0.25) is 5.02 Å². The lowest BCUT2D eigenvalue weighted by atomic mass is 10.1. The van der Waals surface area contributed by atoms with Gasteiger partial charge in [0.2, 0.25) is 5.91 Å². The number of nitro benzene ring substituents is 1. The molecule has 2 aromatic rings. The average molecular weight is 520 g/mol. The first-order valence-corrected chi connectivity index (χ1v) is 11.8. The van der Waals surface area contributed by atoms with E-state index in [0.717, 1.165) is 18.2 Å². The van der Waals surface area contributed by atoms with Gasteiger partial charge in [0, 0.05) is 49.9 Å². The lowest BCUT2D eigenvalue weighted by Crippen LogP contribution is -2.48. The Balaban J connectivity index is 1.59. The molecule has 1 aliphatic heterocycles. The minimum atomic E-state index is -0.626. The van der Waals surface area contributed by atoms with Crippen LogP contribution < -0.4 is 20.3 Å². The van der Waals surface area contributed by atoms with Crippen molar-refractivity contribution in [1.82, 2.24) is 10.2 Å². The minimum Gasteiger partial charge on any atom is -0.490 e. The van der Waals surface area contributed by atoms with E-state index >= 15 is 0 Å². The number of nitrogens with one attached hydrogen (secondary N) is 2. The van der Waals surface area contributed by atoms with Gasteiger partial charge in [0.15, 0.2) is 10.9 Å². The van der Waals surface area contributed by atoms with Crippen molar-refractivity contribution in [3.8, 4) is 5.75 Å². The molecule has 1 aliphatic rings. The van der Waals surface area contributed by atoms with E-state index in [-0.39, 0.29) is 28.0 Å². The maximum Gasteiger partial charge on any atom is 0.311 e. The zero-order valence-electron chi connectivity index (χ0n) is 19.4. The molecule has 3 rings (SSSR count). The van der Waals surface area contributed by atoms with Crippen molar-refractivity contribution in [3.05, 3.63) is 57.1 Å². The monoisotopic (exact) mass is 519 g/mol. The molecule has 0 spiro atoms. The molecule has 0 radical (unpaired) electrons. The first kappa shape index (κ1) is 26.2. The molecule has 1 heterocycles. The van der Waals surface area contributed by atoms with Crippen LogP contribution in [-0.4, -0.2) is 60.0 Å². The summed E-state index contributed by atoms with van der Waals surface area (Å²) in [4.78, 5) is 39.2. The lowest BCUT2D eigenvalue weighted by Gasteiger charge is -2.36. The van der Waals surface area contributed by atoms with Gasteiger partial charge in [-0.1, -0.05) is 18.5 Å². The highest BCUT2D eigenvalue weighted by atomic mass is 35.5. The molecule has 2 aromatic carbocycles. The largest absolute Gasteiger partial charge is 0.490 e. The van der Waals surface area contributed by atoms with E-state index in [1.54, 1.807) is 12.1 Å². The number of methoxy groups -OCH3 is 1. The smallest absolute Gasteiger partial charge is 0.311 e. The van der Waals surface area contributed by atoms with Gasteiger partial charge in [-0.3, -0.25) is 25.0 Å². The number of benzene rings is 2. The van der Waals surface area contributed by atoms with E-state index < -0.39 is 10.8 Å². The number of amides is 2. The van der Waals surface area contributed by atoms with Crippen molar-refractivity contribution in [2.45, 2.75) is 19.8 Å². The lowest BCUT2D eigenvalue weighted by molar-refractivity contribution is -0.385. The SMILES string of the molecule is CCCC(=O)N1CCN(c2ccc(NC(=S)NC(=O)c3ccc(OC)c([N+](=O)[O-])c3)cc2Cl)CC1. The van der Waals surface area contributed by atoms with E-state index in [9.17, 15) is 19.7 Å². The van der Waals surface area contributed by atoms with Crippen LogP contribution in [-0.2, 0) is 4.79 Å². The van der Waals surface area contributed by atoms with Gasteiger partial charge in [-0.15, -0.1) is 0 Å². The predicted molar refractivity (Wildman–Crippen MR) is 138 cm³/mol. The summed E-state index contributed by atoms with van der Waals surface area (Å²) in [6, 6.07) is 9.21. The molecule has 186 valence electrons. The zero-order valence-corrected chi connectivity index (χ0v) is 20.9. The first-order chi connectivity index (χ1) is 16.7. The topological polar surface area (TPSA) is 117 Å². The number of nitrogens with zero attached hydrogens (tertiary/aromatic N) is 3. The summed E-state index contributed by atoms with van der Waals surface area (Å²) in [5.74, 6) is -0.375. The standard InChI is InChI=1S/C23H26ClN5O5S/c1-3-4-21(30)28-11-9-27(10-12-28)18-7-6-16(14-17(18)24)25-23(35)26-22(31)15-5-8-20(34-2)19(13-15)29(32)33/h5-8,13-14H,3-4,9-12H2,1-2H3,(H2,25,26,31,35). The van der Waals surface area contributed by atoms with Gasteiger partial charge in [-0.05, 0) is 49.0 Å². The summed E-state index contributed by atoms with van der Waals surface area (Å²) in [7, 11) is 1.31. The quantitative estimate of drug-likeness (QED) is 0.322. The second-order valence-electron chi connectivity index (χ2n) is 7.84. The van der Waals surface area contributed by atoms with Crippen LogP contribution in [0.25, 0.3) is 0 Å². The molecule has 12 heteroatoms. The number of hydrogen-bond acceptors (Lipinski definition) is 7. The number of carbonyl (C=O) groups is 2. The molecule has 35 heavy (non-hydrogen) atoms. The van der Waals surface area contributed by atoms with Gasteiger partial charge in [-0.25, -0.2) is 0 Å². The van der Waals surface area contributed by atoms with E-state index in [1.165, 1.54) is 19.2 Å². The van der Waals surface area contributed by atoms with Gasteiger partial charge in [0.25, 0.3) is 5.91 Å². The van der Waals surface area contributed by atoms with Crippen LogP contribution in [0.1, 0.15) is 30.1 Å². The van der Waals surface area contributed by atoms with E-state index in [1.807, 2.05) is 17.9 Å². The Morgan fingerprint density at radius 2 is 1.89 bits per heavy atom. The number of rotatable bonds is 7. The summed E-state index contributed by atoms with van der Waals surface area (Å²) >= 11 is 11.7. The predicted octanol–water partition coefficient (Wildman–Crippen LogP) is 3.83. The molecule has 1 fully saturated rings. The second kappa shape index (κ2) is 11.8. The maximum absolute atomic E-state index is 12.5. The Kier molecular flexibility index (Phi) is 8.83. The van der Waals surface area contributed by atoms with Crippen LogP contribution >= 0.6 is 23.8 Å². The Bertz CT molecular complexity index is 1140. The van der Waals surface area contributed by atoms with Crippen LogP contribution in [0.3, 0.4) is 0 Å². The summed E-state index contributed by atoms with van der Waals surface area (Å²) in [5.41, 5.74) is 1.16. The van der Waals surface area contributed by atoms with Crippen LogP contribution in [0.5, 0.6) is 5.75 Å². The average Bonchev–Trinajstić information content (AvgIpc) is 2.83. The summed E-state index contributed by atoms with van der Waals surface area (Å²) in [6.07, 6.45) is 1.40. The minimum absolute atomic E-state index is 0.0142. The zero-order chi connectivity index (χ0) is 25.5. The van der Waals surface area contributed by atoms with E-state index in [0.29, 0.717) is 43.3 Å². The molecule has 1 saturated heterocycles. The number of thiocarbonyl (C=S) groups is 1. The number of piperazine rings is 1. The molecular formula is C23H26ClN5O5S. The molecule has 0 aromatic heterocycles. The number of anilines is 2.